The number of nitrogens with one attached hydrogen (secondary N) is 2. The van der Waals surface area contributed by atoms with Gasteiger partial charge in [0, 0.05) is 36.4 Å². The first-order valence-corrected chi connectivity index (χ1v) is 9.60. The highest BCUT2D eigenvalue weighted by Gasteiger charge is 2.20. The molecule has 0 spiro atoms. The number of piperidine rings is 1. The van der Waals surface area contributed by atoms with Crippen molar-refractivity contribution in [1.82, 2.24) is 10.0 Å². The number of aryl methyl sites for hydroxylation is 1. The Morgan fingerprint density at radius 3 is 2.59 bits per heavy atom. The summed E-state index contributed by atoms with van der Waals surface area (Å²) in [4.78, 5) is 2.33. The van der Waals surface area contributed by atoms with Gasteiger partial charge in [0.15, 0.2) is 0 Å². The van der Waals surface area contributed by atoms with Crippen LogP contribution in [0.25, 0.3) is 0 Å². The number of hydrogen-bond donors (Lipinski definition) is 2. The molecule has 0 saturated carbocycles. The van der Waals surface area contributed by atoms with Crippen LogP contribution in [0.2, 0.25) is 5.02 Å². The molecule has 2 N–H and O–H groups in total. The number of rotatable bonds is 6. The third kappa shape index (κ3) is 4.84. The van der Waals surface area contributed by atoms with E-state index >= 15 is 0 Å². The largest absolute Gasteiger partial charge is 0.371 e. The summed E-state index contributed by atoms with van der Waals surface area (Å²) in [6.45, 7) is 4.40. The Bertz CT molecular complexity index is 599. The number of halogens is 1. The number of anilines is 1. The summed E-state index contributed by atoms with van der Waals surface area (Å²) in [7, 11) is -1.68. The maximum absolute atomic E-state index is 11.4. The second-order valence-electron chi connectivity index (χ2n) is 5.67. The van der Waals surface area contributed by atoms with E-state index in [4.69, 9.17) is 11.6 Å². The molecule has 1 aliphatic heterocycles. The van der Waals surface area contributed by atoms with Crippen molar-refractivity contribution in [2.45, 2.75) is 25.8 Å². The average Bonchev–Trinajstić information content (AvgIpc) is 2.51. The molecule has 0 radical (unpaired) electrons. The van der Waals surface area contributed by atoms with Crippen molar-refractivity contribution in [2.24, 2.45) is 0 Å². The van der Waals surface area contributed by atoms with Gasteiger partial charge < -0.3 is 10.2 Å². The lowest BCUT2D eigenvalue weighted by atomic mass is 10.0. The molecule has 1 heterocycles. The van der Waals surface area contributed by atoms with Crippen LogP contribution < -0.4 is 14.9 Å². The minimum Gasteiger partial charge on any atom is -0.371 e. The molecule has 0 atom stereocenters. The van der Waals surface area contributed by atoms with E-state index in [0.717, 1.165) is 42.2 Å². The summed E-state index contributed by atoms with van der Waals surface area (Å²) >= 11 is 6.18. The van der Waals surface area contributed by atoms with E-state index in [1.165, 1.54) is 7.05 Å². The van der Waals surface area contributed by atoms with Gasteiger partial charge in [0.25, 0.3) is 0 Å². The highest BCUT2D eigenvalue weighted by atomic mass is 35.5. The third-order valence-corrected chi connectivity index (χ3v) is 5.90. The van der Waals surface area contributed by atoms with Crippen LogP contribution in [0.3, 0.4) is 0 Å². The van der Waals surface area contributed by atoms with Crippen molar-refractivity contribution in [1.29, 1.82) is 0 Å². The fourth-order valence-electron chi connectivity index (χ4n) is 2.62. The molecule has 22 heavy (non-hydrogen) atoms. The van der Waals surface area contributed by atoms with Gasteiger partial charge in [-0.3, -0.25) is 0 Å². The first-order chi connectivity index (χ1) is 10.4. The number of hydrogen-bond acceptors (Lipinski definition) is 4. The van der Waals surface area contributed by atoms with Crippen LogP contribution >= 0.6 is 11.6 Å². The zero-order valence-corrected chi connectivity index (χ0v) is 14.7. The zero-order chi connectivity index (χ0) is 16.2. The molecule has 0 bridgehead atoms. The van der Waals surface area contributed by atoms with Crippen LogP contribution in [0.1, 0.15) is 18.4 Å². The van der Waals surface area contributed by atoms with Crippen molar-refractivity contribution in [3.63, 3.8) is 0 Å². The lowest BCUT2D eigenvalue weighted by Crippen LogP contribution is -2.44. The summed E-state index contributed by atoms with van der Waals surface area (Å²) in [5.74, 6) is 0.122. The molecule has 1 saturated heterocycles. The van der Waals surface area contributed by atoms with Crippen molar-refractivity contribution in [3.8, 4) is 0 Å². The fourth-order valence-corrected chi connectivity index (χ4v) is 3.39. The summed E-state index contributed by atoms with van der Waals surface area (Å²) < 4.78 is 25.1. The molecular formula is C15H24ClN3O2S. The molecule has 2 rings (SSSR count). The first kappa shape index (κ1) is 17.5. The Morgan fingerprint density at radius 1 is 1.32 bits per heavy atom. The lowest BCUT2D eigenvalue weighted by Gasteiger charge is -2.34. The molecule has 1 aromatic carbocycles. The van der Waals surface area contributed by atoms with Gasteiger partial charge in [0.2, 0.25) is 10.0 Å². The maximum atomic E-state index is 11.4. The predicted molar refractivity (Wildman–Crippen MR) is 92.3 cm³/mol. The molecule has 124 valence electrons. The van der Waals surface area contributed by atoms with Crippen molar-refractivity contribution < 1.29 is 8.42 Å². The highest BCUT2D eigenvalue weighted by molar-refractivity contribution is 7.89. The molecular weight excluding hydrogens is 322 g/mol. The monoisotopic (exact) mass is 345 g/mol. The number of benzene rings is 1. The number of sulfonamides is 1. The van der Waals surface area contributed by atoms with Crippen LogP contribution in [0.4, 0.5) is 5.69 Å². The van der Waals surface area contributed by atoms with Gasteiger partial charge in [-0.05, 0) is 44.5 Å². The minimum absolute atomic E-state index is 0.122. The van der Waals surface area contributed by atoms with E-state index in [2.05, 4.69) is 21.0 Å². The molecule has 0 aliphatic carbocycles. The summed E-state index contributed by atoms with van der Waals surface area (Å²) in [6.07, 6.45) is 2.01. The number of nitrogens with zero attached hydrogens (tertiary/aromatic N) is 1. The van der Waals surface area contributed by atoms with Gasteiger partial charge in [0.1, 0.15) is 0 Å². The predicted octanol–water partition coefficient (Wildman–Crippen LogP) is 1.76. The van der Waals surface area contributed by atoms with Gasteiger partial charge in [0.05, 0.1) is 5.75 Å². The molecule has 1 fully saturated rings. The second-order valence-corrected chi connectivity index (χ2v) is 8.13. The van der Waals surface area contributed by atoms with E-state index in [0.29, 0.717) is 12.6 Å². The van der Waals surface area contributed by atoms with Gasteiger partial charge in [-0.15, -0.1) is 0 Å². The normalized spacial score (nSPS) is 17.0. The van der Waals surface area contributed by atoms with E-state index in [9.17, 15) is 8.42 Å². The van der Waals surface area contributed by atoms with E-state index in [1.807, 2.05) is 19.1 Å². The van der Waals surface area contributed by atoms with Crippen LogP contribution in [-0.2, 0) is 10.0 Å². The van der Waals surface area contributed by atoms with Gasteiger partial charge in [-0.2, -0.15) is 0 Å². The van der Waals surface area contributed by atoms with Crippen molar-refractivity contribution in [2.75, 3.05) is 37.3 Å². The van der Waals surface area contributed by atoms with Gasteiger partial charge in [-0.25, -0.2) is 13.1 Å². The Balaban J connectivity index is 1.79. The standard InChI is InChI=1S/C15H24ClN3O2S/c1-12-3-4-14(11-15(12)16)19-8-5-13(6-9-19)18-7-10-22(20,21)17-2/h3-4,11,13,17-18H,5-10H2,1-2H3. The Morgan fingerprint density at radius 2 is 2.00 bits per heavy atom. The molecule has 5 nitrogen and oxygen atoms in total. The maximum Gasteiger partial charge on any atom is 0.212 e. The molecule has 7 heteroatoms. The van der Waals surface area contributed by atoms with Crippen molar-refractivity contribution >= 4 is 27.3 Å². The molecule has 0 unspecified atom stereocenters. The molecule has 1 aliphatic rings. The summed E-state index contributed by atoms with van der Waals surface area (Å²) in [6, 6.07) is 6.55. The van der Waals surface area contributed by atoms with Gasteiger partial charge in [-0.1, -0.05) is 17.7 Å². The van der Waals surface area contributed by atoms with Crippen molar-refractivity contribution in [3.05, 3.63) is 28.8 Å². The Kier molecular flexibility index (Phi) is 6.09. The molecule has 0 aromatic heterocycles. The van der Waals surface area contributed by atoms with Crippen LogP contribution in [0.5, 0.6) is 0 Å². The van der Waals surface area contributed by atoms with E-state index in [1.54, 1.807) is 0 Å². The first-order valence-electron chi connectivity index (χ1n) is 7.57. The Hall–Kier alpha value is -0.820. The van der Waals surface area contributed by atoms with Crippen LogP contribution in [0.15, 0.2) is 18.2 Å². The minimum atomic E-state index is -3.12. The molecule has 0 amide bonds. The van der Waals surface area contributed by atoms with E-state index < -0.39 is 10.0 Å². The summed E-state index contributed by atoms with van der Waals surface area (Å²) in [5.41, 5.74) is 2.25. The Labute approximate surface area is 138 Å². The highest BCUT2D eigenvalue weighted by Crippen LogP contribution is 2.25. The third-order valence-electron chi connectivity index (χ3n) is 4.13. The summed E-state index contributed by atoms with van der Waals surface area (Å²) in [5, 5.41) is 4.13. The van der Waals surface area contributed by atoms with E-state index in [-0.39, 0.29) is 5.75 Å². The molecule has 1 aromatic rings. The second kappa shape index (κ2) is 7.64. The SMILES string of the molecule is CNS(=O)(=O)CCNC1CCN(c2ccc(C)c(Cl)c2)CC1. The zero-order valence-electron chi connectivity index (χ0n) is 13.1. The fraction of sp³-hybridized carbons (Fsp3) is 0.600. The lowest BCUT2D eigenvalue weighted by molar-refractivity contribution is 0.423. The van der Waals surface area contributed by atoms with Gasteiger partial charge >= 0.3 is 0 Å². The average molecular weight is 346 g/mol. The van der Waals surface area contributed by atoms with Crippen LogP contribution in [0, 0.1) is 6.92 Å². The van der Waals surface area contributed by atoms with Crippen LogP contribution in [-0.4, -0.2) is 46.9 Å². The topological polar surface area (TPSA) is 61.4 Å². The smallest absolute Gasteiger partial charge is 0.212 e. The quantitative estimate of drug-likeness (QED) is 0.824.